The Morgan fingerprint density at radius 3 is 2.71 bits per heavy atom. The van der Waals surface area contributed by atoms with Crippen LogP contribution >= 0.6 is 12.4 Å². The monoisotopic (exact) mass is 284 g/mol. The van der Waals surface area contributed by atoms with Gasteiger partial charge in [-0.25, -0.2) is 8.42 Å². The van der Waals surface area contributed by atoms with E-state index in [9.17, 15) is 13.2 Å². The van der Waals surface area contributed by atoms with Gasteiger partial charge in [-0.05, 0) is 25.8 Å². The molecule has 1 unspecified atom stereocenters. The summed E-state index contributed by atoms with van der Waals surface area (Å²) in [6.07, 6.45) is 4.80. The van der Waals surface area contributed by atoms with Crippen LogP contribution in [0.4, 0.5) is 0 Å². The predicted octanol–water partition coefficient (Wildman–Crippen LogP) is 0.101. The molecule has 1 aliphatic heterocycles. The third kappa shape index (κ3) is 8.40. The number of hydrogen-bond acceptors (Lipinski definition) is 4. The lowest BCUT2D eigenvalue weighted by atomic mass is 10.1. The number of hydrogen-bond donors (Lipinski definition) is 2. The molecule has 0 aliphatic carbocycles. The van der Waals surface area contributed by atoms with Crippen molar-refractivity contribution in [1.82, 2.24) is 10.6 Å². The second kappa shape index (κ2) is 7.89. The molecule has 2 N–H and O–H groups in total. The van der Waals surface area contributed by atoms with Crippen LogP contribution in [-0.2, 0) is 14.6 Å². The second-order valence-corrected chi connectivity index (χ2v) is 6.57. The van der Waals surface area contributed by atoms with Gasteiger partial charge in [0.2, 0.25) is 5.91 Å². The van der Waals surface area contributed by atoms with Crippen LogP contribution in [0.25, 0.3) is 0 Å². The average molecular weight is 285 g/mol. The van der Waals surface area contributed by atoms with Crippen LogP contribution in [-0.4, -0.2) is 45.5 Å². The van der Waals surface area contributed by atoms with Crippen molar-refractivity contribution in [3.8, 4) is 0 Å². The minimum absolute atomic E-state index is 0. The van der Waals surface area contributed by atoms with Crippen molar-refractivity contribution in [3.63, 3.8) is 0 Å². The zero-order chi connectivity index (χ0) is 12.0. The van der Waals surface area contributed by atoms with Gasteiger partial charge in [0, 0.05) is 25.3 Å². The van der Waals surface area contributed by atoms with Gasteiger partial charge < -0.3 is 10.6 Å². The van der Waals surface area contributed by atoms with E-state index in [1.54, 1.807) is 0 Å². The maximum atomic E-state index is 11.4. The highest BCUT2D eigenvalue weighted by Crippen LogP contribution is 2.10. The fraction of sp³-hybridized carbons (Fsp3) is 0.900. The van der Waals surface area contributed by atoms with Crippen molar-refractivity contribution in [2.45, 2.75) is 31.7 Å². The highest BCUT2D eigenvalue weighted by Gasteiger charge is 2.15. The lowest BCUT2D eigenvalue weighted by Crippen LogP contribution is -2.30. The van der Waals surface area contributed by atoms with E-state index in [-0.39, 0.29) is 30.6 Å². The standard InChI is InChI=1S/C10H20N2O3S.ClH/c1-16(14,15)8-7-12-10(13)5-4-9-3-2-6-11-9;/h9,11H,2-8H2,1H3,(H,12,13);1H. The summed E-state index contributed by atoms with van der Waals surface area (Å²) in [7, 11) is -2.98. The van der Waals surface area contributed by atoms with Crippen LogP contribution < -0.4 is 10.6 Å². The maximum absolute atomic E-state index is 11.4. The molecule has 17 heavy (non-hydrogen) atoms. The quantitative estimate of drug-likeness (QED) is 0.725. The molecule has 0 aromatic carbocycles. The zero-order valence-corrected chi connectivity index (χ0v) is 11.7. The maximum Gasteiger partial charge on any atom is 0.220 e. The Hall–Kier alpha value is -0.330. The van der Waals surface area contributed by atoms with Crippen LogP contribution in [0.15, 0.2) is 0 Å². The van der Waals surface area contributed by atoms with Crippen molar-refractivity contribution < 1.29 is 13.2 Å². The molecule has 0 radical (unpaired) electrons. The molecular weight excluding hydrogens is 264 g/mol. The summed E-state index contributed by atoms with van der Waals surface area (Å²) >= 11 is 0. The number of carbonyl (C=O) groups excluding carboxylic acids is 1. The smallest absolute Gasteiger partial charge is 0.220 e. The Morgan fingerprint density at radius 2 is 2.18 bits per heavy atom. The second-order valence-electron chi connectivity index (χ2n) is 4.31. The van der Waals surface area contributed by atoms with E-state index in [1.165, 1.54) is 12.7 Å². The van der Waals surface area contributed by atoms with Gasteiger partial charge in [0.1, 0.15) is 9.84 Å². The molecule has 1 aliphatic rings. The van der Waals surface area contributed by atoms with Crippen LogP contribution in [0.2, 0.25) is 0 Å². The van der Waals surface area contributed by atoms with Gasteiger partial charge >= 0.3 is 0 Å². The molecule has 1 atom stereocenters. The summed E-state index contributed by atoms with van der Waals surface area (Å²) in [5, 5.41) is 5.93. The number of carbonyl (C=O) groups is 1. The van der Waals surface area contributed by atoms with Gasteiger partial charge in [-0.1, -0.05) is 0 Å². The molecule has 5 nitrogen and oxygen atoms in total. The summed E-state index contributed by atoms with van der Waals surface area (Å²) in [4.78, 5) is 11.4. The Kier molecular flexibility index (Phi) is 7.74. The van der Waals surface area contributed by atoms with Gasteiger partial charge in [0.15, 0.2) is 0 Å². The number of halogens is 1. The molecule has 0 saturated carbocycles. The molecule has 0 bridgehead atoms. The molecule has 0 spiro atoms. The van der Waals surface area contributed by atoms with Crippen molar-refractivity contribution in [3.05, 3.63) is 0 Å². The number of amides is 1. The molecule has 7 heteroatoms. The topological polar surface area (TPSA) is 75.3 Å². The van der Waals surface area contributed by atoms with Gasteiger partial charge in [0.25, 0.3) is 0 Å². The van der Waals surface area contributed by atoms with Crippen LogP contribution in [0.3, 0.4) is 0 Å². The normalized spacial score (nSPS) is 19.7. The van der Waals surface area contributed by atoms with Gasteiger partial charge in [0.05, 0.1) is 5.75 Å². The Balaban J connectivity index is 0.00000256. The SMILES string of the molecule is CS(=O)(=O)CCNC(=O)CCC1CCCN1.Cl. The first-order valence-electron chi connectivity index (χ1n) is 5.65. The average Bonchev–Trinajstić information content (AvgIpc) is 2.65. The number of rotatable bonds is 6. The lowest BCUT2D eigenvalue weighted by Gasteiger charge is -2.09. The van der Waals surface area contributed by atoms with E-state index >= 15 is 0 Å². The highest BCUT2D eigenvalue weighted by molar-refractivity contribution is 7.90. The van der Waals surface area contributed by atoms with E-state index < -0.39 is 9.84 Å². The van der Waals surface area contributed by atoms with E-state index in [4.69, 9.17) is 0 Å². The van der Waals surface area contributed by atoms with E-state index in [0.717, 1.165) is 19.4 Å². The molecule has 0 aromatic heterocycles. The third-order valence-corrected chi connectivity index (χ3v) is 3.62. The first-order valence-corrected chi connectivity index (χ1v) is 7.71. The summed E-state index contributed by atoms with van der Waals surface area (Å²) in [6, 6.07) is 0.459. The van der Waals surface area contributed by atoms with Crippen molar-refractivity contribution in [1.29, 1.82) is 0 Å². The van der Waals surface area contributed by atoms with E-state index in [2.05, 4.69) is 10.6 Å². The minimum Gasteiger partial charge on any atom is -0.355 e. The molecule has 102 valence electrons. The fourth-order valence-electron chi connectivity index (χ4n) is 1.77. The fourth-order valence-corrected chi connectivity index (χ4v) is 2.25. The van der Waals surface area contributed by atoms with Crippen molar-refractivity contribution in [2.24, 2.45) is 0 Å². The molecular formula is C10H21ClN2O3S. The molecule has 1 saturated heterocycles. The van der Waals surface area contributed by atoms with Crippen LogP contribution in [0.1, 0.15) is 25.7 Å². The van der Waals surface area contributed by atoms with E-state index in [1.807, 2.05) is 0 Å². The van der Waals surface area contributed by atoms with Gasteiger partial charge in [-0.15, -0.1) is 12.4 Å². The Bertz CT molecular complexity index is 326. The Morgan fingerprint density at radius 1 is 1.47 bits per heavy atom. The highest BCUT2D eigenvalue weighted by atomic mass is 35.5. The predicted molar refractivity (Wildman–Crippen MR) is 70.2 cm³/mol. The first-order chi connectivity index (χ1) is 7.47. The molecule has 1 heterocycles. The Labute approximate surface area is 109 Å². The van der Waals surface area contributed by atoms with Crippen LogP contribution in [0, 0.1) is 0 Å². The lowest BCUT2D eigenvalue weighted by molar-refractivity contribution is -0.121. The summed E-state index contributed by atoms with van der Waals surface area (Å²) in [5.74, 6) is -0.0437. The van der Waals surface area contributed by atoms with Gasteiger partial charge in [-0.2, -0.15) is 0 Å². The van der Waals surface area contributed by atoms with Crippen LogP contribution in [0.5, 0.6) is 0 Å². The summed E-state index contributed by atoms with van der Waals surface area (Å²) in [5.41, 5.74) is 0. The zero-order valence-electron chi connectivity index (χ0n) is 10.1. The third-order valence-electron chi connectivity index (χ3n) is 2.68. The van der Waals surface area contributed by atoms with E-state index in [0.29, 0.717) is 12.5 Å². The van der Waals surface area contributed by atoms with Crippen molar-refractivity contribution >= 4 is 28.2 Å². The van der Waals surface area contributed by atoms with Crippen molar-refractivity contribution in [2.75, 3.05) is 25.1 Å². The largest absolute Gasteiger partial charge is 0.355 e. The first kappa shape index (κ1) is 16.7. The molecule has 1 amide bonds. The summed E-state index contributed by atoms with van der Waals surface area (Å²) in [6.45, 7) is 1.26. The molecule has 1 fully saturated rings. The number of nitrogens with one attached hydrogen (secondary N) is 2. The minimum atomic E-state index is -2.98. The summed E-state index contributed by atoms with van der Waals surface area (Å²) < 4.78 is 21.6. The number of sulfone groups is 1. The molecule has 0 aromatic rings. The molecule has 1 rings (SSSR count). The van der Waals surface area contributed by atoms with Gasteiger partial charge in [-0.3, -0.25) is 4.79 Å².